The maximum Gasteiger partial charge on any atom is 0.327 e. The quantitative estimate of drug-likeness (QED) is 0.0209. The third-order valence-electron chi connectivity index (χ3n) is 25.9. The Kier molecular flexibility index (Phi) is 31.7. The van der Waals surface area contributed by atoms with Crippen molar-refractivity contribution in [3.63, 3.8) is 0 Å². The summed E-state index contributed by atoms with van der Waals surface area (Å²) in [6.07, 6.45) is 14.8. The summed E-state index contributed by atoms with van der Waals surface area (Å²) in [6.45, 7) is 16.5. The predicted molar refractivity (Wildman–Crippen MR) is 535 cm³/mol. The number of carboxylic acids is 1. The van der Waals surface area contributed by atoms with E-state index in [0.29, 0.717) is 93.4 Å². The normalized spacial score (nSPS) is 17.9. The molecular weight excluding hydrogens is 1770 g/mol. The van der Waals surface area contributed by atoms with Crippen LogP contribution in [0.15, 0.2) is 256 Å². The number of nitrogens with zero attached hydrogens (tertiary/aromatic N) is 9. The molecule has 8 aromatic carbocycles. The summed E-state index contributed by atoms with van der Waals surface area (Å²) in [5.41, 5.74) is 30.9. The van der Waals surface area contributed by atoms with Crippen LogP contribution in [0.5, 0.6) is 46.0 Å². The number of rotatable bonds is 23. The molecule has 12 aromatic rings. The number of hydrogen-bond acceptors (Lipinski definition) is 22. The monoisotopic (exact) mass is 1890 g/mol. The molecule has 138 heavy (non-hydrogen) atoms. The highest BCUT2D eigenvalue weighted by Crippen LogP contribution is 2.46. The Morgan fingerprint density at radius 1 is 0.348 bits per heavy atom. The zero-order chi connectivity index (χ0) is 99.0. The molecule has 4 fully saturated rings. The maximum atomic E-state index is 12.5. The number of carbonyl (C=O) groups is 7. The molecule has 16 N–H and O–H groups in total. The molecule has 0 spiro atoms. The van der Waals surface area contributed by atoms with Crippen molar-refractivity contribution in [1.82, 2.24) is 60.0 Å². The van der Waals surface area contributed by atoms with E-state index in [1.165, 1.54) is 6.08 Å². The fraction of sp³-hybridized carbons (Fsp3) is 0.305. The second-order valence-corrected chi connectivity index (χ2v) is 34.9. The lowest BCUT2D eigenvalue weighted by Crippen LogP contribution is -2.41. The lowest BCUT2D eigenvalue weighted by atomic mass is 9.87. The Balaban J connectivity index is 0.000000136. The third kappa shape index (κ3) is 24.0. The average molecular weight is 1890 g/mol. The van der Waals surface area contributed by atoms with Gasteiger partial charge in [-0.3, -0.25) is 28.8 Å². The minimum absolute atomic E-state index is 0.0217. The topological polar surface area (TPSA) is 439 Å². The number of likely N-dealkylation sites (tertiary alicyclic amines) is 1. The van der Waals surface area contributed by atoms with Gasteiger partial charge in [0, 0.05) is 67.6 Å². The van der Waals surface area contributed by atoms with Crippen molar-refractivity contribution in [1.29, 1.82) is 0 Å². The van der Waals surface area contributed by atoms with E-state index in [1.54, 1.807) is 0 Å². The number of allylic oxidation sites excluding steroid dienone is 1. The average Bonchev–Trinajstić information content (AvgIpc) is 1.63. The minimum Gasteiger partial charge on any atom is -0.478 e. The zero-order valence-electron chi connectivity index (χ0n) is 79.6. The van der Waals surface area contributed by atoms with Gasteiger partial charge in [0.2, 0.25) is 11.1 Å². The molecule has 33 heteroatoms. The lowest BCUT2D eigenvalue weighted by Gasteiger charge is -2.38. The molecule has 5 amide bonds. The van der Waals surface area contributed by atoms with Crippen LogP contribution in [0.4, 0.5) is 23.3 Å². The number of amides is 5. The second kappa shape index (κ2) is 46.9. The summed E-state index contributed by atoms with van der Waals surface area (Å²) >= 11 is 4.71. The molecule has 8 aliphatic heterocycles. The molecule has 32 nitrogen and oxygen atoms in total. The number of aromatic nitrogens is 8. The Morgan fingerprint density at radius 3 is 0.768 bits per heavy atom. The number of benzene rings is 8. The van der Waals surface area contributed by atoms with E-state index >= 15 is 0 Å². The number of halogens is 1. The molecule has 0 saturated carbocycles. The van der Waals surface area contributed by atoms with E-state index in [0.717, 1.165) is 229 Å². The number of carboxylic acid groups (broad SMARTS) is 1. The van der Waals surface area contributed by atoms with Crippen molar-refractivity contribution in [3.8, 4) is 91.0 Å². The molecule has 4 saturated heterocycles. The Hall–Kier alpha value is -15.1. The van der Waals surface area contributed by atoms with Crippen LogP contribution in [-0.2, 0) is 14.4 Å². The molecule has 4 aromatic heterocycles. The fourth-order valence-corrected chi connectivity index (χ4v) is 19.2. The highest BCUT2D eigenvalue weighted by atomic mass is 35.5. The van der Waals surface area contributed by atoms with Gasteiger partial charge in [-0.25, -0.2) is 23.5 Å². The predicted octanol–water partition coefficient (Wildman–Crippen LogP) is 16.8. The van der Waals surface area contributed by atoms with Crippen LogP contribution >= 0.6 is 11.6 Å². The summed E-state index contributed by atoms with van der Waals surface area (Å²) in [6, 6.07) is 69.0. The highest BCUT2D eigenvalue weighted by molar-refractivity contribution is 6.66. The number of nitrogens with two attached hydrogens (primary N) is 4. The molecule has 8 aliphatic rings. The molecule has 0 aliphatic carbocycles. The number of fused-ring (bicyclic) bond motifs is 4. The molecule has 716 valence electrons. The molecular formula is C105H117ClN20O12. The fourth-order valence-electron chi connectivity index (χ4n) is 19.2. The van der Waals surface area contributed by atoms with Gasteiger partial charge in [-0.15, -0.1) is 0 Å². The first kappa shape index (κ1) is 93.3. The van der Waals surface area contributed by atoms with Gasteiger partial charge in [-0.2, -0.15) is 20.4 Å². The van der Waals surface area contributed by atoms with Crippen LogP contribution < -0.4 is 79.1 Å². The van der Waals surface area contributed by atoms with E-state index in [9.17, 15) is 33.6 Å². The number of anilines is 4. The number of nitrogens with one attached hydrogen (secondary N) is 7. The van der Waals surface area contributed by atoms with Gasteiger partial charge in [-0.1, -0.05) is 92.5 Å². The molecule has 0 unspecified atom stereocenters. The largest absolute Gasteiger partial charge is 0.478 e. The van der Waals surface area contributed by atoms with Crippen molar-refractivity contribution in [2.75, 3.05) is 99.8 Å². The van der Waals surface area contributed by atoms with Crippen LogP contribution in [-0.4, -0.2) is 168 Å². The van der Waals surface area contributed by atoms with Gasteiger partial charge in [-0.05, 0) is 309 Å². The SMILES string of the molecule is C=CC(=O)Cl.C=CC(=O)N1CCC([C@@H]2CCNc3c(C(N)=O)c(-c4ccc(Oc5ccccc5)cc4)nn32)CC1.NC(=O)c1c(-c2ccc(Oc3ccccc3)cc2)nn2c1NCC[C@H]2C1CCNCC1.NC(=O)c1c(-c2ccc(Oc3ccccc3)cc2)nn2c1NCC[C@H]2C1CCNCC1.NC(=O)c1c(-c2ccc(Oc3ccccc3)cc2)nn2c1NCC[C@H]2C1CCNCC1.[2H]C([2H])=C([2H])C(=O)O. The summed E-state index contributed by atoms with van der Waals surface area (Å²) in [7, 11) is 0. The minimum atomic E-state index is -1.54. The number of hydrogen-bond donors (Lipinski definition) is 12. The van der Waals surface area contributed by atoms with Crippen LogP contribution in [0.2, 0.25) is 0 Å². The van der Waals surface area contributed by atoms with Crippen molar-refractivity contribution in [3.05, 3.63) is 279 Å². The van der Waals surface area contributed by atoms with E-state index in [4.69, 9.17) is 83.1 Å². The van der Waals surface area contributed by atoms with Crippen molar-refractivity contribution < 1.29 is 61.7 Å². The first-order chi connectivity index (χ1) is 68.5. The van der Waals surface area contributed by atoms with Gasteiger partial charge in [0.25, 0.3) is 23.6 Å². The molecule has 4 atom stereocenters. The lowest BCUT2D eigenvalue weighted by molar-refractivity contribution is -0.131. The molecule has 20 rings (SSSR count). The molecule has 12 heterocycles. The van der Waals surface area contributed by atoms with Gasteiger partial charge in [0.05, 0.1) is 28.3 Å². The number of ether oxygens (including phenoxy) is 4. The highest BCUT2D eigenvalue weighted by Gasteiger charge is 2.40. The first-order valence-corrected chi connectivity index (χ1v) is 47.1. The molecule has 0 radical (unpaired) electrons. The number of aliphatic carboxylic acids is 1. The Morgan fingerprint density at radius 2 is 0.572 bits per heavy atom. The second-order valence-electron chi connectivity index (χ2n) is 34.5. The summed E-state index contributed by atoms with van der Waals surface area (Å²) < 4.78 is 50.5. The van der Waals surface area contributed by atoms with E-state index in [1.807, 2.05) is 242 Å². The van der Waals surface area contributed by atoms with Gasteiger partial charge in [0.1, 0.15) is 114 Å². The maximum absolute atomic E-state index is 12.5. The Bertz CT molecular complexity index is 5950. The number of piperidine rings is 4. The van der Waals surface area contributed by atoms with Crippen LogP contribution in [0.3, 0.4) is 0 Å². The molecule has 0 bridgehead atoms. The first-order valence-electron chi connectivity index (χ1n) is 48.2. The van der Waals surface area contributed by atoms with Crippen LogP contribution in [0.25, 0.3) is 45.0 Å². The summed E-state index contributed by atoms with van der Waals surface area (Å²) in [4.78, 5) is 82.7. The number of para-hydroxylation sites is 4. The van der Waals surface area contributed by atoms with Crippen molar-refractivity contribution in [2.45, 2.75) is 101 Å². The van der Waals surface area contributed by atoms with Crippen molar-refractivity contribution in [2.24, 2.45) is 46.6 Å². The third-order valence-corrected chi connectivity index (χ3v) is 26.0. The van der Waals surface area contributed by atoms with Gasteiger partial charge < -0.3 is 89.1 Å². The van der Waals surface area contributed by atoms with Crippen molar-refractivity contribution >= 4 is 75.6 Å². The summed E-state index contributed by atoms with van der Waals surface area (Å²) in [5, 5.41) is 50.7. The zero-order valence-corrected chi connectivity index (χ0v) is 77.3. The smallest absolute Gasteiger partial charge is 0.327 e. The van der Waals surface area contributed by atoms with Gasteiger partial charge >= 0.3 is 5.97 Å². The van der Waals surface area contributed by atoms with E-state index in [2.05, 4.69) is 50.4 Å². The number of primary amides is 4. The standard InChI is InChI=1S/C27H29N5O3.3C24H27N5O2.C3H3ClO.C3H4O2/c1-2-23(33)31-16-13-18(14-17-31)22-12-15-29-27-24(26(28)34)25(30-32(22)27)19-8-10-21(11-9-19)35-20-6-4-3-5-7-20;3*25-23(30)21-22(17-6-8-19(9-7-17)31-18-4-2-1-3-5-18)28-29-20(12-15-27-24(21)29)16-10-13-26-14-11-16;2*1-2-3(4)5/h2-11,18,22,29H,1,12-17H2,(H2,28,34);3*1-9,16,20,26-27H,10-15H2,(H2,25,30);2H,1H2;2H,1H2,(H,4,5)/t22-;3*20-;;/m0000../s1/i;;;;;1D2,2D. The summed E-state index contributed by atoms with van der Waals surface area (Å²) in [5.74, 6) is 7.47. The van der Waals surface area contributed by atoms with E-state index in [-0.39, 0.29) is 30.1 Å². The van der Waals surface area contributed by atoms with Gasteiger partial charge in [0.15, 0.2) is 0 Å². The van der Waals surface area contributed by atoms with Crippen LogP contribution in [0, 0.1) is 23.7 Å². The number of carbonyl (C=O) groups excluding carboxylic acids is 6. The van der Waals surface area contributed by atoms with Crippen LogP contribution in [0.1, 0.15) is 147 Å². The Labute approximate surface area is 810 Å². The van der Waals surface area contributed by atoms with E-state index < -0.39 is 47.4 Å².